The largest absolute Gasteiger partial charge is 0.389 e. The second-order valence-corrected chi connectivity index (χ2v) is 6.85. The Hall–Kier alpha value is -1.30. The third-order valence-corrected chi connectivity index (χ3v) is 4.79. The summed E-state index contributed by atoms with van der Waals surface area (Å²) >= 11 is 6.82. The molecular weight excluding hydrogens is 303 g/mol. The summed E-state index contributed by atoms with van der Waals surface area (Å²) in [6.07, 6.45) is 2.46. The van der Waals surface area contributed by atoms with Crippen molar-refractivity contribution in [2.24, 2.45) is 5.73 Å². The lowest BCUT2D eigenvalue weighted by molar-refractivity contribution is 0.248. The fourth-order valence-electron chi connectivity index (χ4n) is 2.49. The summed E-state index contributed by atoms with van der Waals surface area (Å²) in [7, 11) is 0. The Morgan fingerprint density at radius 1 is 1.33 bits per heavy atom. The molecule has 1 aromatic heterocycles. The first-order chi connectivity index (χ1) is 10.1. The summed E-state index contributed by atoms with van der Waals surface area (Å²) in [5, 5.41) is 2.10. The zero-order valence-corrected chi connectivity index (χ0v) is 13.2. The van der Waals surface area contributed by atoms with Crippen molar-refractivity contribution < 1.29 is 4.39 Å². The molecule has 0 atom stereocenters. The fourth-order valence-corrected chi connectivity index (χ4v) is 3.41. The van der Waals surface area contributed by atoms with Gasteiger partial charge in [0.25, 0.3) is 0 Å². The molecule has 1 aromatic carbocycles. The van der Waals surface area contributed by atoms with E-state index in [0.717, 1.165) is 18.7 Å². The van der Waals surface area contributed by atoms with Crippen LogP contribution in [0.2, 0.25) is 0 Å². The molecule has 3 rings (SSSR count). The minimum atomic E-state index is -0.294. The van der Waals surface area contributed by atoms with Gasteiger partial charge < -0.3 is 5.73 Å². The van der Waals surface area contributed by atoms with Crippen LogP contribution in [-0.4, -0.2) is 15.9 Å². The predicted molar refractivity (Wildman–Crippen MR) is 88.9 cm³/mol. The molecule has 2 nitrogen and oxygen atoms in total. The highest BCUT2D eigenvalue weighted by atomic mass is 32.1. The molecule has 0 amide bonds. The number of benzene rings is 1. The molecule has 0 unspecified atom stereocenters. The molecular formula is C16H17FN2S2. The van der Waals surface area contributed by atoms with E-state index in [1.54, 1.807) is 17.4 Å². The maximum absolute atomic E-state index is 13.4. The van der Waals surface area contributed by atoms with Crippen molar-refractivity contribution in [1.82, 2.24) is 4.90 Å². The van der Waals surface area contributed by atoms with Crippen molar-refractivity contribution in [3.05, 3.63) is 57.5 Å². The van der Waals surface area contributed by atoms with Crippen LogP contribution in [-0.2, 0) is 13.1 Å². The Morgan fingerprint density at radius 2 is 2.14 bits per heavy atom. The van der Waals surface area contributed by atoms with Crippen LogP contribution in [0.4, 0.5) is 4.39 Å². The Kier molecular flexibility index (Phi) is 4.33. The van der Waals surface area contributed by atoms with E-state index in [9.17, 15) is 4.39 Å². The summed E-state index contributed by atoms with van der Waals surface area (Å²) in [4.78, 5) is 4.04. The van der Waals surface area contributed by atoms with Gasteiger partial charge in [-0.2, -0.15) is 0 Å². The van der Waals surface area contributed by atoms with Crippen LogP contribution in [0, 0.1) is 5.82 Å². The van der Waals surface area contributed by atoms with Crippen LogP contribution in [0.1, 0.15) is 28.8 Å². The van der Waals surface area contributed by atoms with Crippen LogP contribution in [0.25, 0.3) is 0 Å². The normalized spacial score (nSPS) is 14.6. The van der Waals surface area contributed by atoms with E-state index < -0.39 is 0 Å². The Morgan fingerprint density at radius 3 is 2.76 bits per heavy atom. The topological polar surface area (TPSA) is 29.3 Å². The lowest BCUT2D eigenvalue weighted by atomic mass is 10.1. The third-order valence-electron chi connectivity index (χ3n) is 3.71. The van der Waals surface area contributed by atoms with Crippen molar-refractivity contribution >= 4 is 28.5 Å². The van der Waals surface area contributed by atoms with Crippen molar-refractivity contribution in [2.45, 2.75) is 32.0 Å². The SMILES string of the molecule is NC(=S)c1cc(F)ccc1CN(Cc1cccs1)C1CC1. The first-order valence-corrected chi connectivity index (χ1v) is 8.27. The number of rotatable bonds is 6. The molecule has 110 valence electrons. The van der Waals surface area contributed by atoms with E-state index in [1.807, 2.05) is 0 Å². The van der Waals surface area contributed by atoms with E-state index in [-0.39, 0.29) is 10.8 Å². The van der Waals surface area contributed by atoms with E-state index in [0.29, 0.717) is 11.6 Å². The molecule has 2 aromatic rings. The van der Waals surface area contributed by atoms with Crippen LogP contribution in [0.3, 0.4) is 0 Å². The quantitative estimate of drug-likeness (QED) is 0.823. The molecule has 2 N–H and O–H groups in total. The standard InChI is InChI=1S/C16H17FN2S2/c17-12-4-3-11(15(8-12)16(18)20)9-19(13-5-6-13)10-14-2-1-7-21-14/h1-4,7-8,13H,5-6,9-10H2,(H2,18,20). The van der Waals surface area contributed by atoms with Gasteiger partial charge in [0, 0.05) is 29.6 Å². The van der Waals surface area contributed by atoms with E-state index in [4.69, 9.17) is 18.0 Å². The number of nitrogens with two attached hydrogens (primary N) is 1. The van der Waals surface area contributed by atoms with Gasteiger partial charge in [0.2, 0.25) is 0 Å². The van der Waals surface area contributed by atoms with Gasteiger partial charge in [0.05, 0.1) is 0 Å². The Labute approximate surface area is 133 Å². The monoisotopic (exact) mass is 320 g/mol. The second kappa shape index (κ2) is 6.22. The van der Waals surface area contributed by atoms with Gasteiger partial charge in [-0.15, -0.1) is 11.3 Å². The van der Waals surface area contributed by atoms with Crippen LogP contribution in [0.15, 0.2) is 35.7 Å². The van der Waals surface area contributed by atoms with Crippen molar-refractivity contribution in [2.75, 3.05) is 0 Å². The van der Waals surface area contributed by atoms with Crippen molar-refractivity contribution in [1.29, 1.82) is 0 Å². The zero-order valence-electron chi connectivity index (χ0n) is 11.6. The van der Waals surface area contributed by atoms with E-state index in [2.05, 4.69) is 22.4 Å². The van der Waals surface area contributed by atoms with Gasteiger partial charge in [-0.25, -0.2) is 4.39 Å². The van der Waals surface area contributed by atoms with Gasteiger partial charge in [-0.3, -0.25) is 4.90 Å². The fraction of sp³-hybridized carbons (Fsp3) is 0.312. The minimum Gasteiger partial charge on any atom is -0.389 e. The summed E-state index contributed by atoms with van der Waals surface area (Å²) in [5.41, 5.74) is 7.40. The predicted octanol–water partition coefficient (Wildman–Crippen LogP) is 3.69. The third kappa shape index (κ3) is 3.67. The van der Waals surface area contributed by atoms with Gasteiger partial charge in [-0.1, -0.05) is 24.4 Å². The molecule has 1 aliphatic carbocycles. The average Bonchev–Trinajstić information content (AvgIpc) is 3.18. The molecule has 1 saturated carbocycles. The summed E-state index contributed by atoms with van der Waals surface area (Å²) in [6.45, 7) is 1.69. The molecule has 1 heterocycles. The summed E-state index contributed by atoms with van der Waals surface area (Å²) < 4.78 is 13.4. The van der Waals surface area contributed by atoms with Gasteiger partial charge >= 0.3 is 0 Å². The molecule has 5 heteroatoms. The number of hydrogen-bond acceptors (Lipinski definition) is 3. The second-order valence-electron chi connectivity index (χ2n) is 5.38. The lowest BCUT2D eigenvalue weighted by Gasteiger charge is -2.22. The lowest BCUT2D eigenvalue weighted by Crippen LogP contribution is -2.26. The Bertz CT molecular complexity index is 636. The van der Waals surface area contributed by atoms with Crippen LogP contribution in [0.5, 0.6) is 0 Å². The summed E-state index contributed by atoms with van der Waals surface area (Å²) in [6, 6.07) is 9.56. The van der Waals surface area contributed by atoms with Gasteiger partial charge in [0.15, 0.2) is 0 Å². The molecule has 0 bridgehead atoms. The maximum Gasteiger partial charge on any atom is 0.123 e. The number of hydrogen-bond donors (Lipinski definition) is 1. The molecule has 1 fully saturated rings. The molecule has 0 radical (unpaired) electrons. The number of thiophene rings is 1. The van der Waals surface area contributed by atoms with E-state index >= 15 is 0 Å². The highest BCUT2D eigenvalue weighted by molar-refractivity contribution is 7.80. The molecule has 0 saturated heterocycles. The maximum atomic E-state index is 13.4. The van der Waals surface area contributed by atoms with Gasteiger partial charge in [-0.05, 0) is 42.0 Å². The van der Waals surface area contributed by atoms with Crippen molar-refractivity contribution in [3.63, 3.8) is 0 Å². The minimum absolute atomic E-state index is 0.261. The Balaban J connectivity index is 1.81. The van der Waals surface area contributed by atoms with E-state index in [1.165, 1.54) is 29.9 Å². The average molecular weight is 320 g/mol. The molecule has 0 spiro atoms. The smallest absolute Gasteiger partial charge is 0.123 e. The summed E-state index contributed by atoms with van der Waals surface area (Å²) in [5.74, 6) is -0.294. The highest BCUT2D eigenvalue weighted by Gasteiger charge is 2.29. The first-order valence-electron chi connectivity index (χ1n) is 6.98. The first kappa shape index (κ1) is 14.6. The number of nitrogens with zero attached hydrogens (tertiary/aromatic N) is 1. The molecule has 21 heavy (non-hydrogen) atoms. The van der Waals surface area contributed by atoms with Crippen LogP contribution >= 0.6 is 23.6 Å². The van der Waals surface area contributed by atoms with Crippen molar-refractivity contribution in [3.8, 4) is 0 Å². The molecule has 1 aliphatic rings. The number of thiocarbonyl (C=S) groups is 1. The highest BCUT2D eigenvalue weighted by Crippen LogP contribution is 2.31. The zero-order chi connectivity index (χ0) is 14.8. The molecule has 0 aliphatic heterocycles. The number of halogens is 1. The van der Waals surface area contributed by atoms with Gasteiger partial charge in [0.1, 0.15) is 10.8 Å². The van der Waals surface area contributed by atoms with Crippen LogP contribution < -0.4 is 5.73 Å².